The molecule has 0 aliphatic heterocycles. The third-order valence-electron chi connectivity index (χ3n) is 7.02. The van der Waals surface area contributed by atoms with Gasteiger partial charge < -0.3 is 31.3 Å². The van der Waals surface area contributed by atoms with E-state index in [0.29, 0.717) is 11.1 Å². The molecule has 0 spiro atoms. The molecule has 2 unspecified atom stereocenters. The van der Waals surface area contributed by atoms with Crippen LogP contribution in [0.1, 0.15) is 36.0 Å². The lowest BCUT2D eigenvalue weighted by molar-refractivity contribution is -0.186. The van der Waals surface area contributed by atoms with Gasteiger partial charge in [0, 0.05) is 17.4 Å². The number of fused-ring (bicyclic) bond motifs is 3. The van der Waals surface area contributed by atoms with Crippen molar-refractivity contribution in [2.45, 2.75) is 44.0 Å². The van der Waals surface area contributed by atoms with Crippen LogP contribution in [0.3, 0.4) is 0 Å². The van der Waals surface area contributed by atoms with Crippen LogP contribution >= 0.6 is 0 Å². The first-order valence-electron chi connectivity index (χ1n) is 9.67. The summed E-state index contributed by atoms with van der Waals surface area (Å²) in [7, 11) is 0. The van der Waals surface area contributed by atoms with Crippen molar-refractivity contribution in [3.63, 3.8) is 0 Å². The lowest BCUT2D eigenvalue weighted by Gasteiger charge is -2.52. The Morgan fingerprint density at radius 3 is 2.43 bits per heavy atom. The van der Waals surface area contributed by atoms with E-state index < -0.39 is 71.1 Å². The van der Waals surface area contributed by atoms with Gasteiger partial charge in [-0.3, -0.25) is 14.4 Å². The molecule has 4 rings (SSSR count). The Kier molecular flexibility index (Phi) is 4.36. The van der Waals surface area contributed by atoms with Crippen LogP contribution in [0.2, 0.25) is 0 Å². The summed E-state index contributed by atoms with van der Waals surface area (Å²) in [5.41, 5.74) is 2.93. The van der Waals surface area contributed by atoms with Crippen LogP contribution in [0, 0.1) is 24.7 Å². The summed E-state index contributed by atoms with van der Waals surface area (Å²) in [6.45, 7) is 3.30. The number of phenolic OH excluding ortho intramolecular Hbond substituents is 1. The minimum absolute atomic E-state index is 0.00564. The number of aromatic hydroxyl groups is 1. The zero-order valence-corrected chi connectivity index (χ0v) is 16.4. The van der Waals surface area contributed by atoms with Crippen LogP contribution in [0.5, 0.6) is 5.75 Å². The number of aliphatic hydroxyl groups is 4. The van der Waals surface area contributed by atoms with Gasteiger partial charge in [-0.25, -0.2) is 0 Å². The minimum Gasteiger partial charge on any atom is -0.507 e. The van der Waals surface area contributed by atoms with E-state index >= 15 is 0 Å². The second-order valence-electron chi connectivity index (χ2n) is 8.51. The molecular weight excluding hydrogens is 394 g/mol. The number of primary amides is 1. The second-order valence-corrected chi connectivity index (χ2v) is 8.51. The molecule has 7 atom stereocenters. The van der Waals surface area contributed by atoms with Gasteiger partial charge in [-0.15, -0.1) is 0 Å². The summed E-state index contributed by atoms with van der Waals surface area (Å²) in [5.74, 6) is -9.25. The Hall–Kier alpha value is -2.75. The highest BCUT2D eigenvalue weighted by atomic mass is 16.3. The number of hydrogen-bond acceptors (Lipinski definition) is 8. The standard InChI is InChI=1S/C21H23NO8/c1-6-3-4-8-7(2)11-14(17(26)12(8)15(6)24)19(28)21(30)9(16(11)25)5-10(23)13(18(21)27)20(22)29/h3-4,7,9-11,13,16,23-26,30H,5H2,1-2H3,(H2,22,29)/t7-,9+,10?,11+,13?,16+,21+/m0/s1. The molecular formula is C21H23NO8. The summed E-state index contributed by atoms with van der Waals surface area (Å²) >= 11 is 0. The first kappa shape index (κ1) is 20.5. The van der Waals surface area contributed by atoms with E-state index in [1.807, 2.05) is 0 Å². The molecule has 2 fully saturated rings. The predicted octanol–water partition coefficient (Wildman–Crippen LogP) is -0.571. The maximum absolute atomic E-state index is 13.4. The highest BCUT2D eigenvalue weighted by Gasteiger charge is 2.67. The molecule has 30 heavy (non-hydrogen) atoms. The van der Waals surface area contributed by atoms with Crippen LogP contribution in [-0.4, -0.2) is 60.8 Å². The van der Waals surface area contributed by atoms with Gasteiger partial charge in [0.05, 0.1) is 17.8 Å². The highest BCUT2D eigenvalue weighted by Crippen LogP contribution is 2.55. The fourth-order valence-electron chi connectivity index (χ4n) is 5.40. The third-order valence-corrected chi connectivity index (χ3v) is 7.02. The van der Waals surface area contributed by atoms with Crippen molar-refractivity contribution in [3.05, 3.63) is 34.4 Å². The Morgan fingerprint density at radius 2 is 1.83 bits per heavy atom. The molecule has 9 nitrogen and oxygen atoms in total. The van der Waals surface area contributed by atoms with Crippen molar-refractivity contribution in [3.8, 4) is 5.75 Å². The normalized spacial score (nSPS) is 38.0. The smallest absolute Gasteiger partial charge is 0.230 e. The van der Waals surface area contributed by atoms with Gasteiger partial charge in [0.15, 0.2) is 11.4 Å². The van der Waals surface area contributed by atoms with Gasteiger partial charge >= 0.3 is 0 Å². The molecule has 1 aromatic rings. The van der Waals surface area contributed by atoms with Crippen LogP contribution in [0.15, 0.2) is 17.7 Å². The molecule has 0 radical (unpaired) electrons. The van der Waals surface area contributed by atoms with E-state index in [4.69, 9.17) is 5.73 Å². The number of benzene rings is 1. The summed E-state index contributed by atoms with van der Waals surface area (Å²) < 4.78 is 0. The first-order valence-corrected chi connectivity index (χ1v) is 9.67. The van der Waals surface area contributed by atoms with E-state index in [1.165, 1.54) is 0 Å². The van der Waals surface area contributed by atoms with Gasteiger partial charge in [0.2, 0.25) is 11.7 Å². The first-order chi connectivity index (χ1) is 13.9. The van der Waals surface area contributed by atoms with Crippen molar-refractivity contribution in [1.82, 2.24) is 0 Å². The molecule has 2 saturated carbocycles. The van der Waals surface area contributed by atoms with Crippen LogP contribution in [0.25, 0.3) is 5.76 Å². The van der Waals surface area contributed by atoms with Gasteiger partial charge in [-0.1, -0.05) is 19.1 Å². The Morgan fingerprint density at radius 1 is 1.20 bits per heavy atom. The van der Waals surface area contributed by atoms with Crippen molar-refractivity contribution in [2.75, 3.05) is 0 Å². The van der Waals surface area contributed by atoms with Crippen LogP contribution in [0.4, 0.5) is 0 Å². The number of carbonyl (C=O) groups excluding carboxylic acids is 3. The number of aliphatic hydroxyl groups excluding tert-OH is 3. The molecule has 0 heterocycles. The van der Waals surface area contributed by atoms with Crippen molar-refractivity contribution in [1.29, 1.82) is 0 Å². The summed E-state index contributed by atoms with van der Waals surface area (Å²) in [6.07, 6.45) is -3.44. The quantitative estimate of drug-likeness (QED) is 0.329. The molecule has 9 heteroatoms. The second kappa shape index (κ2) is 6.37. The lowest BCUT2D eigenvalue weighted by Crippen LogP contribution is -2.70. The van der Waals surface area contributed by atoms with Crippen LogP contribution in [-0.2, 0) is 14.4 Å². The Balaban J connectivity index is 1.96. The largest absolute Gasteiger partial charge is 0.507 e. The number of carbonyl (C=O) groups is 3. The molecule has 3 aliphatic carbocycles. The molecule has 0 saturated heterocycles. The number of rotatable bonds is 1. The van der Waals surface area contributed by atoms with Gasteiger partial charge in [-0.05, 0) is 30.4 Å². The predicted molar refractivity (Wildman–Crippen MR) is 102 cm³/mol. The average Bonchev–Trinajstić information content (AvgIpc) is 2.67. The monoisotopic (exact) mass is 417 g/mol. The van der Waals surface area contributed by atoms with Crippen molar-refractivity contribution < 1.29 is 39.9 Å². The Bertz CT molecular complexity index is 1030. The zero-order valence-electron chi connectivity index (χ0n) is 16.4. The SMILES string of the molecule is Cc1ccc2c(c1O)C(O)=C1C(=O)[C@]3(O)C(=O)C(C(N)=O)C(O)C[C@@H]3[C@@H](O)[C@@H]1[C@H]2C. The zero-order chi connectivity index (χ0) is 22.3. The maximum Gasteiger partial charge on any atom is 0.230 e. The molecule has 3 aliphatic rings. The highest BCUT2D eigenvalue weighted by molar-refractivity contribution is 6.25. The number of phenols is 1. The van der Waals surface area contributed by atoms with Crippen LogP contribution < -0.4 is 5.73 Å². The number of aryl methyl sites for hydroxylation is 1. The Labute approximate surface area is 171 Å². The molecule has 0 aromatic heterocycles. The third kappa shape index (κ3) is 2.31. The molecule has 160 valence electrons. The topological polar surface area (TPSA) is 178 Å². The number of hydrogen-bond donors (Lipinski definition) is 6. The fourth-order valence-corrected chi connectivity index (χ4v) is 5.40. The van der Waals surface area contributed by atoms with E-state index in [1.54, 1.807) is 26.0 Å². The van der Waals surface area contributed by atoms with Gasteiger partial charge in [0.25, 0.3) is 0 Å². The number of ketones is 2. The van der Waals surface area contributed by atoms with E-state index in [0.717, 1.165) is 0 Å². The number of Topliss-reactive ketones (excluding diaryl/α,β-unsaturated/α-hetero) is 2. The summed E-state index contributed by atoms with van der Waals surface area (Å²) in [5, 5.41) is 53.9. The molecule has 7 N–H and O–H groups in total. The van der Waals surface area contributed by atoms with E-state index in [9.17, 15) is 39.9 Å². The summed E-state index contributed by atoms with van der Waals surface area (Å²) in [6, 6.07) is 3.31. The lowest BCUT2D eigenvalue weighted by atomic mass is 9.53. The van der Waals surface area contributed by atoms with Gasteiger partial charge in [-0.2, -0.15) is 0 Å². The average molecular weight is 417 g/mol. The molecule has 0 bridgehead atoms. The maximum atomic E-state index is 13.4. The number of nitrogens with two attached hydrogens (primary N) is 1. The summed E-state index contributed by atoms with van der Waals surface area (Å²) in [4.78, 5) is 38.0. The van der Waals surface area contributed by atoms with Crippen molar-refractivity contribution in [2.24, 2.45) is 23.5 Å². The fraction of sp³-hybridized carbons (Fsp3) is 0.476. The minimum atomic E-state index is -2.82. The van der Waals surface area contributed by atoms with E-state index in [2.05, 4.69) is 0 Å². The van der Waals surface area contributed by atoms with Gasteiger partial charge in [0.1, 0.15) is 17.4 Å². The number of amides is 1. The molecule has 1 aromatic carbocycles. The van der Waals surface area contributed by atoms with Crippen molar-refractivity contribution >= 4 is 23.2 Å². The molecule has 1 amide bonds. The van der Waals surface area contributed by atoms with E-state index in [-0.39, 0.29) is 16.9 Å².